The molecule has 0 saturated carbocycles. The van der Waals surface area contributed by atoms with Gasteiger partial charge in [0.25, 0.3) is 0 Å². The van der Waals surface area contributed by atoms with Gasteiger partial charge >= 0.3 is 5.97 Å². The van der Waals surface area contributed by atoms with Crippen molar-refractivity contribution in [3.63, 3.8) is 0 Å². The van der Waals surface area contributed by atoms with Gasteiger partial charge in [0.05, 0.1) is 25.4 Å². The molecule has 6 nitrogen and oxygen atoms in total. The molecule has 0 aromatic rings. The Morgan fingerprint density at radius 1 is 0.400 bits per heavy atom. The first-order chi connectivity index (χ1) is 34.5. The van der Waals surface area contributed by atoms with Crippen molar-refractivity contribution >= 4 is 11.9 Å². The molecule has 0 bridgehead atoms. The maximum Gasteiger partial charge on any atom is 0.305 e. The molecule has 1 amide bonds. The minimum Gasteiger partial charge on any atom is -0.466 e. The molecule has 0 aliphatic rings. The second-order valence-electron chi connectivity index (χ2n) is 21.7. The Hall–Kier alpha value is -1.66. The van der Waals surface area contributed by atoms with Crippen molar-refractivity contribution < 1.29 is 24.5 Å². The summed E-state index contributed by atoms with van der Waals surface area (Å²) in [6.45, 7) is 4.93. The van der Waals surface area contributed by atoms with Crippen LogP contribution >= 0.6 is 0 Å². The summed E-state index contributed by atoms with van der Waals surface area (Å²) in [5, 5.41) is 23.4. The number of ether oxygens (including phenoxy) is 1. The Balaban J connectivity index is 3.44. The highest BCUT2D eigenvalue weighted by Crippen LogP contribution is 2.18. The van der Waals surface area contributed by atoms with Crippen molar-refractivity contribution in [1.29, 1.82) is 0 Å². The van der Waals surface area contributed by atoms with E-state index in [-0.39, 0.29) is 18.5 Å². The number of unbranched alkanes of at least 4 members (excludes halogenated alkanes) is 44. The first kappa shape index (κ1) is 68.3. The van der Waals surface area contributed by atoms with Gasteiger partial charge in [0.1, 0.15) is 0 Å². The fourth-order valence-electron chi connectivity index (χ4n) is 9.91. The van der Waals surface area contributed by atoms with Crippen LogP contribution in [0.4, 0.5) is 0 Å². The summed E-state index contributed by atoms with van der Waals surface area (Å²) in [5.41, 5.74) is 0. The van der Waals surface area contributed by atoms with Crippen molar-refractivity contribution in [2.24, 2.45) is 0 Å². The van der Waals surface area contributed by atoms with Gasteiger partial charge in [-0.2, -0.15) is 0 Å². The van der Waals surface area contributed by atoms with Crippen LogP contribution in [-0.4, -0.2) is 47.4 Å². The van der Waals surface area contributed by atoms with Gasteiger partial charge in [0.2, 0.25) is 5.91 Å². The first-order valence-electron chi connectivity index (χ1n) is 31.6. The maximum atomic E-state index is 12.5. The molecule has 0 fully saturated rings. The van der Waals surface area contributed by atoms with Crippen LogP contribution in [0.25, 0.3) is 0 Å². The van der Waals surface area contributed by atoms with E-state index in [1.165, 1.54) is 250 Å². The molecule has 0 radical (unpaired) electrons. The molecule has 0 aliphatic carbocycles. The van der Waals surface area contributed by atoms with Crippen LogP contribution in [-0.2, 0) is 14.3 Å². The lowest BCUT2D eigenvalue weighted by Crippen LogP contribution is -2.45. The number of rotatable bonds is 59. The largest absolute Gasteiger partial charge is 0.466 e. The number of aliphatic hydroxyl groups excluding tert-OH is 2. The Labute approximate surface area is 437 Å². The van der Waals surface area contributed by atoms with Crippen molar-refractivity contribution in [2.45, 2.75) is 360 Å². The van der Waals surface area contributed by atoms with E-state index in [0.29, 0.717) is 25.9 Å². The van der Waals surface area contributed by atoms with Gasteiger partial charge in [0, 0.05) is 12.8 Å². The third-order valence-electron chi connectivity index (χ3n) is 14.8. The summed E-state index contributed by atoms with van der Waals surface area (Å²) in [5.74, 6) is -0.0626. The number of amides is 1. The summed E-state index contributed by atoms with van der Waals surface area (Å²) < 4.78 is 5.48. The number of nitrogens with one attached hydrogen (secondary N) is 1. The Kier molecular flexibility index (Phi) is 58.5. The van der Waals surface area contributed by atoms with Crippen LogP contribution in [0.1, 0.15) is 348 Å². The second-order valence-corrected chi connectivity index (χ2v) is 21.7. The molecule has 70 heavy (non-hydrogen) atoms. The summed E-state index contributed by atoms with van der Waals surface area (Å²) in [4.78, 5) is 24.6. The van der Waals surface area contributed by atoms with Crippen LogP contribution in [0.15, 0.2) is 24.3 Å². The minimum atomic E-state index is -0.676. The van der Waals surface area contributed by atoms with Crippen LogP contribution < -0.4 is 5.32 Å². The topological polar surface area (TPSA) is 95.9 Å². The van der Waals surface area contributed by atoms with Gasteiger partial charge in [-0.25, -0.2) is 0 Å². The number of allylic oxidation sites excluding steroid dienone is 4. The molecule has 0 saturated heterocycles. The van der Waals surface area contributed by atoms with Crippen LogP contribution in [0.5, 0.6) is 0 Å². The van der Waals surface area contributed by atoms with Gasteiger partial charge in [-0.3, -0.25) is 9.59 Å². The SMILES string of the molecule is CCCCCC/C=C\C/C=C\CCCCCCCCCC(=O)OCCCCCCCCCCCCCCC(=O)NC(CO)C(O)CCCCCCCCCCCCCCCCCCCCCCCCC. The first-order valence-corrected chi connectivity index (χ1v) is 31.6. The van der Waals surface area contributed by atoms with E-state index in [0.717, 1.165) is 64.2 Å². The molecular formula is C64H123NO5. The average Bonchev–Trinajstić information content (AvgIpc) is 3.36. The number of hydrogen-bond donors (Lipinski definition) is 3. The molecule has 0 aliphatic heterocycles. The predicted molar refractivity (Wildman–Crippen MR) is 306 cm³/mol. The highest BCUT2D eigenvalue weighted by atomic mass is 16.5. The second kappa shape index (κ2) is 59.9. The summed E-state index contributed by atoms with van der Waals surface area (Å²) in [7, 11) is 0. The molecule has 414 valence electrons. The Morgan fingerprint density at radius 3 is 1.10 bits per heavy atom. The quantitative estimate of drug-likeness (QED) is 0.0321. The molecule has 2 atom stereocenters. The Bertz CT molecular complexity index is 1090. The summed E-state index contributed by atoms with van der Waals surface area (Å²) in [6.07, 6.45) is 73.2. The zero-order valence-electron chi connectivity index (χ0n) is 47.3. The minimum absolute atomic E-state index is 0.0153. The van der Waals surface area contributed by atoms with Gasteiger partial charge in [-0.15, -0.1) is 0 Å². The van der Waals surface area contributed by atoms with Gasteiger partial charge in [0.15, 0.2) is 0 Å². The van der Waals surface area contributed by atoms with Crippen LogP contribution in [0.3, 0.4) is 0 Å². The zero-order chi connectivity index (χ0) is 50.7. The van der Waals surface area contributed by atoms with E-state index in [4.69, 9.17) is 4.74 Å². The summed E-state index contributed by atoms with van der Waals surface area (Å²) >= 11 is 0. The zero-order valence-corrected chi connectivity index (χ0v) is 47.3. The third-order valence-corrected chi connectivity index (χ3v) is 14.8. The fourth-order valence-corrected chi connectivity index (χ4v) is 9.91. The van der Waals surface area contributed by atoms with Crippen molar-refractivity contribution in [2.75, 3.05) is 13.2 Å². The van der Waals surface area contributed by atoms with Gasteiger partial charge in [-0.05, 0) is 57.8 Å². The lowest BCUT2D eigenvalue weighted by molar-refractivity contribution is -0.143. The number of esters is 1. The lowest BCUT2D eigenvalue weighted by atomic mass is 10.0. The molecule has 3 N–H and O–H groups in total. The average molecular weight is 987 g/mol. The highest BCUT2D eigenvalue weighted by Gasteiger charge is 2.20. The predicted octanol–water partition coefficient (Wildman–Crippen LogP) is 19.8. The molecule has 0 aromatic carbocycles. The fraction of sp³-hybridized carbons (Fsp3) is 0.906. The van der Waals surface area contributed by atoms with Crippen molar-refractivity contribution in [3.8, 4) is 0 Å². The standard InChI is InChI=1S/C64H123NO5/c1-3-5-7-9-11-13-15-17-19-21-23-24-25-26-27-28-30-32-36-40-44-48-52-56-62(67)61(60-66)65-63(68)57-53-49-45-41-37-34-35-39-43-47-51-55-59-70-64(69)58-54-50-46-42-38-33-31-29-22-20-18-16-14-12-10-8-6-4-2/h14,16,20,22,61-62,66-67H,3-13,15,17-19,21,23-60H2,1-2H3,(H,65,68)/b16-14-,22-20-. The van der Waals surface area contributed by atoms with Gasteiger partial charge in [-0.1, -0.05) is 301 Å². The molecule has 0 spiro atoms. The molecule has 6 heteroatoms. The molecule has 0 rings (SSSR count). The van der Waals surface area contributed by atoms with Crippen LogP contribution in [0, 0.1) is 0 Å². The highest BCUT2D eigenvalue weighted by molar-refractivity contribution is 5.76. The molecular weight excluding hydrogens is 863 g/mol. The van der Waals surface area contributed by atoms with Gasteiger partial charge < -0.3 is 20.3 Å². The summed E-state index contributed by atoms with van der Waals surface area (Å²) in [6, 6.07) is -0.555. The van der Waals surface area contributed by atoms with Crippen LogP contribution in [0.2, 0.25) is 0 Å². The monoisotopic (exact) mass is 986 g/mol. The smallest absolute Gasteiger partial charge is 0.305 e. The van der Waals surface area contributed by atoms with Crippen molar-refractivity contribution in [3.05, 3.63) is 24.3 Å². The van der Waals surface area contributed by atoms with E-state index in [9.17, 15) is 19.8 Å². The number of hydrogen-bond acceptors (Lipinski definition) is 5. The number of carbonyl (C=O) groups is 2. The third kappa shape index (κ3) is 55.7. The van der Waals surface area contributed by atoms with Crippen molar-refractivity contribution in [1.82, 2.24) is 5.32 Å². The normalized spacial score (nSPS) is 12.7. The lowest BCUT2D eigenvalue weighted by Gasteiger charge is -2.22. The molecule has 0 aromatic heterocycles. The molecule has 2 unspecified atom stereocenters. The van der Waals surface area contributed by atoms with E-state index >= 15 is 0 Å². The van der Waals surface area contributed by atoms with E-state index in [1.807, 2.05) is 0 Å². The van der Waals surface area contributed by atoms with E-state index in [1.54, 1.807) is 0 Å². The Morgan fingerprint density at radius 2 is 0.714 bits per heavy atom. The maximum absolute atomic E-state index is 12.5. The van der Waals surface area contributed by atoms with E-state index < -0.39 is 12.1 Å². The number of carbonyl (C=O) groups excluding carboxylic acids is 2. The van der Waals surface area contributed by atoms with E-state index in [2.05, 4.69) is 43.5 Å². The number of aliphatic hydroxyl groups is 2. The molecule has 0 heterocycles.